The van der Waals surface area contributed by atoms with Gasteiger partial charge in [-0.15, -0.1) is 13.2 Å². The molecule has 0 spiro atoms. The number of rotatable bonds is 4. The first-order valence-corrected chi connectivity index (χ1v) is 5.87. The summed E-state index contributed by atoms with van der Waals surface area (Å²) in [7, 11) is 0. The smallest absolute Gasteiger partial charge is 0.406 e. The van der Waals surface area contributed by atoms with Gasteiger partial charge in [0.1, 0.15) is 17.4 Å². The number of ether oxygens (including phenoxy) is 1. The van der Waals surface area contributed by atoms with E-state index in [1.54, 1.807) is 0 Å². The van der Waals surface area contributed by atoms with E-state index in [2.05, 4.69) is 10.1 Å². The monoisotopic (exact) mass is 303 g/mol. The summed E-state index contributed by atoms with van der Waals surface area (Å²) in [6.07, 6.45) is -4.74. The first-order chi connectivity index (χ1) is 9.83. The van der Waals surface area contributed by atoms with Gasteiger partial charge in [0.25, 0.3) is 0 Å². The number of benzene rings is 2. The van der Waals surface area contributed by atoms with Gasteiger partial charge in [-0.3, -0.25) is 0 Å². The van der Waals surface area contributed by atoms with Gasteiger partial charge in [-0.1, -0.05) is 6.07 Å². The molecule has 0 aliphatic rings. The van der Waals surface area contributed by atoms with E-state index >= 15 is 0 Å². The SMILES string of the molecule is Fc1ccc(CNc2ccc(OC(F)(F)F)cc2)c(F)c1. The fraction of sp³-hybridized carbons (Fsp3) is 0.143. The van der Waals surface area contributed by atoms with Crippen LogP contribution in [0.25, 0.3) is 0 Å². The molecule has 0 aliphatic carbocycles. The third-order valence-corrected chi connectivity index (χ3v) is 2.59. The van der Waals surface area contributed by atoms with E-state index in [1.807, 2.05) is 0 Å². The third kappa shape index (κ3) is 4.62. The van der Waals surface area contributed by atoms with Crippen LogP contribution in [0.15, 0.2) is 42.5 Å². The number of hydrogen-bond acceptors (Lipinski definition) is 2. The van der Waals surface area contributed by atoms with Crippen molar-refractivity contribution in [1.29, 1.82) is 0 Å². The van der Waals surface area contributed by atoms with Crippen molar-refractivity contribution in [1.82, 2.24) is 0 Å². The molecule has 2 rings (SSSR count). The van der Waals surface area contributed by atoms with E-state index in [0.29, 0.717) is 5.69 Å². The maximum absolute atomic E-state index is 13.4. The summed E-state index contributed by atoms with van der Waals surface area (Å²) < 4.78 is 65.8. The molecule has 7 heteroatoms. The molecule has 0 saturated carbocycles. The van der Waals surface area contributed by atoms with Crippen LogP contribution >= 0.6 is 0 Å². The topological polar surface area (TPSA) is 21.3 Å². The van der Waals surface area contributed by atoms with Crippen LogP contribution in [0.2, 0.25) is 0 Å². The minimum atomic E-state index is -4.74. The van der Waals surface area contributed by atoms with Crippen LogP contribution in [-0.2, 0) is 6.54 Å². The van der Waals surface area contributed by atoms with Gasteiger partial charge in [0.05, 0.1) is 0 Å². The lowest BCUT2D eigenvalue weighted by molar-refractivity contribution is -0.274. The summed E-state index contributed by atoms with van der Waals surface area (Å²) in [5.41, 5.74) is 0.722. The van der Waals surface area contributed by atoms with Crippen molar-refractivity contribution >= 4 is 5.69 Å². The maximum Gasteiger partial charge on any atom is 0.573 e. The molecule has 2 aromatic carbocycles. The average molecular weight is 303 g/mol. The Kier molecular flexibility index (Phi) is 4.30. The molecule has 0 radical (unpaired) electrons. The van der Waals surface area contributed by atoms with Gasteiger partial charge in [0, 0.05) is 23.9 Å². The molecule has 0 aliphatic heterocycles. The van der Waals surface area contributed by atoms with Gasteiger partial charge in [0.15, 0.2) is 0 Å². The van der Waals surface area contributed by atoms with Crippen LogP contribution in [0.1, 0.15) is 5.56 Å². The van der Waals surface area contributed by atoms with E-state index in [9.17, 15) is 22.0 Å². The van der Waals surface area contributed by atoms with Crippen LogP contribution in [0, 0.1) is 11.6 Å². The zero-order valence-electron chi connectivity index (χ0n) is 10.5. The Bertz CT molecular complexity index is 610. The zero-order valence-corrected chi connectivity index (χ0v) is 10.5. The Labute approximate surface area is 117 Å². The molecule has 0 fully saturated rings. The molecule has 2 aromatic rings. The Morgan fingerprint density at radius 3 is 2.19 bits per heavy atom. The molecule has 21 heavy (non-hydrogen) atoms. The van der Waals surface area contributed by atoms with Crippen molar-refractivity contribution in [2.45, 2.75) is 12.9 Å². The van der Waals surface area contributed by atoms with Gasteiger partial charge in [-0.25, -0.2) is 8.78 Å². The van der Waals surface area contributed by atoms with Crippen LogP contribution in [0.4, 0.5) is 27.6 Å². The van der Waals surface area contributed by atoms with E-state index in [-0.39, 0.29) is 17.9 Å². The first-order valence-electron chi connectivity index (χ1n) is 5.87. The largest absolute Gasteiger partial charge is 0.573 e. The molecule has 0 unspecified atom stereocenters. The van der Waals surface area contributed by atoms with Crippen molar-refractivity contribution in [2.75, 3.05) is 5.32 Å². The van der Waals surface area contributed by atoms with Crippen molar-refractivity contribution < 1.29 is 26.7 Å². The minimum absolute atomic E-state index is 0.0750. The predicted molar refractivity (Wildman–Crippen MR) is 66.8 cm³/mol. The molecule has 112 valence electrons. The molecule has 0 atom stereocenters. The summed E-state index contributed by atoms with van der Waals surface area (Å²) >= 11 is 0. The Morgan fingerprint density at radius 2 is 1.62 bits per heavy atom. The predicted octanol–water partition coefficient (Wildman–Crippen LogP) is 4.48. The lowest BCUT2D eigenvalue weighted by Gasteiger charge is -2.10. The van der Waals surface area contributed by atoms with E-state index in [1.165, 1.54) is 18.2 Å². The van der Waals surface area contributed by atoms with Crippen LogP contribution in [0.3, 0.4) is 0 Å². The molecule has 0 bridgehead atoms. The zero-order chi connectivity index (χ0) is 15.5. The van der Waals surface area contributed by atoms with Crippen molar-refractivity contribution in [3.05, 3.63) is 59.7 Å². The Balaban J connectivity index is 1.97. The molecule has 0 amide bonds. The van der Waals surface area contributed by atoms with Gasteiger partial charge < -0.3 is 10.1 Å². The number of hydrogen-bond donors (Lipinski definition) is 1. The van der Waals surface area contributed by atoms with Crippen LogP contribution < -0.4 is 10.1 Å². The molecular weight excluding hydrogens is 293 g/mol. The molecule has 2 nitrogen and oxygen atoms in total. The minimum Gasteiger partial charge on any atom is -0.406 e. The third-order valence-electron chi connectivity index (χ3n) is 2.59. The lowest BCUT2D eigenvalue weighted by Crippen LogP contribution is -2.17. The normalized spacial score (nSPS) is 11.3. The quantitative estimate of drug-likeness (QED) is 0.841. The molecule has 0 heterocycles. The summed E-state index contributed by atoms with van der Waals surface area (Å²) in [5.74, 6) is -1.72. The van der Waals surface area contributed by atoms with Gasteiger partial charge in [-0.2, -0.15) is 0 Å². The Hall–Kier alpha value is -2.31. The van der Waals surface area contributed by atoms with Gasteiger partial charge in [-0.05, 0) is 30.3 Å². The maximum atomic E-state index is 13.4. The second-order valence-corrected chi connectivity index (χ2v) is 4.16. The lowest BCUT2D eigenvalue weighted by atomic mass is 10.2. The molecule has 0 aromatic heterocycles. The number of nitrogens with one attached hydrogen (secondary N) is 1. The highest BCUT2D eigenvalue weighted by Crippen LogP contribution is 2.24. The van der Waals surface area contributed by atoms with Crippen molar-refractivity contribution in [3.8, 4) is 5.75 Å². The standard InChI is InChI=1S/C14H10F5NO/c15-10-2-1-9(13(16)7-10)8-20-11-3-5-12(6-4-11)21-14(17,18)19/h1-7,20H,8H2. The Morgan fingerprint density at radius 1 is 0.952 bits per heavy atom. The average Bonchev–Trinajstić information content (AvgIpc) is 2.38. The second-order valence-electron chi connectivity index (χ2n) is 4.16. The summed E-state index contributed by atoms with van der Waals surface area (Å²) in [6, 6.07) is 8.18. The first kappa shape index (κ1) is 15.1. The number of alkyl halides is 3. The highest BCUT2D eigenvalue weighted by Gasteiger charge is 2.30. The molecule has 0 saturated heterocycles. The summed E-state index contributed by atoms with van der Waals surface area (Å²) in [4.78, 5) is 0. The highest BCUT2D eigenvalue weighted by atomic mass is 19.4. The number of halogens is 5. The van der Waals surface area contributed by atoms with E-state index in [4.69, 9.17) is 0 Å². The van der Waals surface area contributed by atoms with Gasteiger partial charge in [0.2, 0.25) is 0 Å². The summed E-state index contributed by atoms with van der Waals surface area (Å²) in [6.45, 7) is 0.0750. The second kappa shape index (κ2) is 5.99. The fourth-order valence-corrected chi connectivity index (χ4v) is 1.64. The van der Waals surface area contributed by atoms with Crippen LogP contribution in [-0.4, -0.2) is 6.36 Å². The highest BCUT2D eigenvalue weighted by molar-refractivity contribution is 5.46. The molecule has 1 N–H and O–H groups in total. The molecular formula is C14H10F5NO. The van der Waals surface area contributed by atoms with Crippen LogP contribution in [0.5, 0.6) is 5.75 Å². The van der Waals surface area contributed by atoms with Crippen molar-refractivity contribution in [2.24, 2.45) is 0 Å². The van der Waals surface area contributed by atoms with E-state index in [0.717, 1.165) is 24.3 Å². The number of anilines is 1. The fourth-order valence-electron chi connectivity index (χ4n) is 1.64. The summed E-state index contributed by atoms with van der Waals surface area (Å²) in [5, 5.41) is 2.81. The van der Waals surface area contributed by atoms with Gasteiger partial charge >= 0.3 is 6.36 Å². The van der Waals surface area contributed by atoms with E-state index < -0.39 is 18.0 Å². The van der Waals surface area contributed by atoms with Crippen molar-refractivity contribution in [3.63, 3.8) is 0 Å².